The van der Waals surface area contributed by atoms with Crippen molar-refractivity contribution in [1.29, 1.82) is 0 Å². The Bertz CT molecular complexity index is 653. The highest BCUT2D eigenvalue weighted by Crippen LogP contribution is 2.25. The molecule has 0 radical (unpaired) electrons. The Labute approximate surface area is 113 Å². The smallest absolute Gasteiger partial charge is 0.272 e. The summed E-state index contributed by atoms with van der Waals surface area (Å²) in [6, 6.07) is 7.25. The minimum absolute atomic E-state index is 0.151. The maximum Gasteiger partial charge on any atom is 0.272 e. The van der Waals surface area contributed by atoms with Gasteiger partial charge >= 0.3 is 0 Å². The van der Waals surface area contributed by atoms with Crippen LogP contribution in [-0.4, -0.2) is 10.9 Å². The predicted octanol–water partition coefficient (Wildman–Crippen LogP) is 2.93. The highest BCUT2D eigenvalue weighted by molar-refractivity contribution is 6.35. The maximum absolute atomic E-state index is 11.8. The normalized spacial score (nSPS) is 10.1. The zero-order chi connectivity index (χ0) is 13.1. The fraction of sp³-hybridized carbons (Fsp3) is 0. The molecule has 1 aromatic heterocycles. The van der Waals surface area contributed by atoms with Crippen molar-refractivity contribution in [2.45, 2.75) is 0 Å². The number of aromatic amines is 1. The summed E-state index contributed by atoms with van der Waals surface area (Å²) in [6.07, 6.45) is 1.40. The van der Waals surface area contributed by atoms with Gasteiger partial charge in [0, 0.05) is 23.4 Å². The Morgan fingerprint density at radius 1 is 1.17 bits per heavy atom. The number of pyridine rings is 1. The molecule has 92 valence electrons. The van der Waals surface area contributed by atoms with Crippen molar-refractivity contribution < 1.29 is 4.79 Å². The average Bonchev–Trinajstić information content (AvgIpc) is 2.34. The second-order valence-corrected chi connectivity index (χ2v) is 4.36. The summed E-state index contributed by atoms with van der Waals surface area (Å²) in [6.45, 7) is 0. The highest BCUT2D eigenvalue weighted by Gasteiger charge is 2.09. The Hall–Kier alpha value is -1.78. The van der Waals surface area contributed by atoms with Gasteiger partial charge in [-0.3, -0.25) is 9.59 Å². The van der Waals surface area contributed by atoms with Crippen LogP contribution in [0.25, 0.3) is 0 Å². The second-order valence-electron chi connectivity index (χ2n) is 3.52. The molecule has 0 fully saturated rings. The predicted molar refractivity (Wildman–Crippen MR) is 71.5 cm³/mol. The SMILES string of the molecule is O=C(Nc1cc(Cl)ccc1Cl)c1cc(=O)cc[nH]1. The summed E-state index contributed by atoms with van der Waals surface area (Å²) >= 11 is 11.7. The van der Waals surface area contributed by atoms with Crippen molar-refractivity contribution in [3.8, 4) is 0 Å². The van der Waals surface area contributed by atoms with Crippen molar-refractivity contribution in [2.75, 3.05) is 5.32 Å². The molecule has 0 bridgehead atoms. The Balaban J connectivity index is 2.26. The fourth-order valence-electron chi connectivity index (χ4n) is 1.36. The lowest BCUT2D eigenvalue weighted by molar-refractivity contribution is 0.102. The van der Waals surface area contributed by atoms with Crippen LogP contribution in [0.5, 0.6) is 0 Å². The van der Waals surface area contributed by atoms with E-state index < -0.39 is 5.91 Å². The lowest BCUT2D eigenvalue weighted by atomic mass is 10.3. The van der Waals surface area contributed by atoms with E-state index in [2.05, 4.69) is 10.3 Å². The zero-order valence-electron chi connectivity index (χ0n) is 9.04. The van der Waals surface area contributed by atoms with Crippen LogP contribution in [0.15, 0.2) is 41.3 Å². The molecule has 2 aromatic rings. The standard InChI is InChI=1S/C12H8Cl2N2O2/c13-7-1-2-9(14)10(5-7)16-12(18)11-6-8(17)3-4-15-11/h1-6H,(H,15,17)(H,16,18). The number of halogens is 2. The summed E-state index contributed by atoms with van der Waals surface area (Å²) in [5.41, 5.74) is 0.286. The molecule has 6 heteroatoms. The van der Waals surface area contributed by atoms with Gasteiger partial charge in [0.25, 0.3) is 5.91 Å². The van der Waals surface area contributed by atoms with Gasteiger partial charge in [-0.1, -0.05) is 23.2 Å². The summed E-state index contributed by atoms with van der Waals surface area (Å²) in [4.78, 5) is 25.6. The minimum atomic E-state index is -0.461. The van der Waals surface area contributed by atoms with E-state index in [1.54, 1.807) is 12.1 Å². The van der Waals surface area contributed by atoms with Gasteiger partial charge in [-0.25, -0.2) is 0 Å². The summed E-state index contributed by atoms with van der Waals surface area (Å²) in [5, 5.41) is 3.39. The molecule has 0 spiro atoms. The molecule has 1 aromatic carbocycles. The molecule has 0 saturated heterocycles. The van der Waals surface area contributed by atoms with Crippen molar-refractivity contribution in [1.82, 2.24) is 4.98 Å². The Kier molecular flexibility index (Phi) is 3.69. The Morgan fingerprint density at radius 3 is 2.67 bits per heavy atom. The van der Waals surface area contributed by atoms with Crippen LogP contribution >= 0.6 is 23.2 Å². The second kappa shape index (κ2) is 5.25. The van der Waals surface area contributed by atoms with E-state index in [0.717, 1.165) is 0 Å². The average molecular weight is 283 g/mol. The molecular weight excluding hydrogens is 275 g/mol. The molecule has 0 aliphatic carbocycles. The van der Waals surface area contributed by atoms with Crippen LogP contribution in [0.4, 0.5) is 5.69 Å². The quantitative estimate of drug-likeness (QED) is 0.890. The van der Waals surface area contributed by atoms with E-state index in [9.17, 15) is 9.59 Å². The third-order valence-corrected chi connectivity index (χ3v) is 2.76. The third-order valence-electron chi connectivity index (χ3n) is 2.19. The monoisotopic (exact) mass is 282 g/mol. The summed E-state index contributed by atoms with van der Waals surface area (Å²) in [7, 11) is 0. The van der Waals surface area contributed by atoms with Crippen LogP contribution in [-0.2, 0) is 0 Å². The number of H-pyrrole nitrogens is 1. The van der Waals surface area contributed by atoms with E-state index in [1.807, 2.05) is 0 Å². The van der Waals surface area contributed by atoms with Gasteiger partial charge in [0.2, 0.25) is 0 Å². The van der Waals surface area contributed by atoms with E-state index in [4.69, 9.17) is 23.2 Å². The van der Waals surface area contributed by atoms with Gasteiger partial charge < -0.3 is 10.3 Å². The number of nitrogens with one attached hydrogen (secondary N) is 2. The molecule has 2 N–H and O–H groups in total. The molecule has 0 unspecified atom stereocenters. The third kappa shape index (κ3) is 2.91. The molecule has 0 atom stereocenters. The zero-order valence-corrected chi connectivity index (χ0v) is 10.5. The summed E-state index contributed by atoms with van der Waals surface area (Å²) in [5.74, 6) is -0.461. The van der Waals surface area contributed by atoms with E-state index >= 15 is 0 Å². The molecule has 1 heterocycles. The van der Waals surface area contributed by atoms with Crippen LogP contribution in [0.3, 0.4) is 0 Å². The number of amides is 1. The Morgan fingerprint density at radius 2 is 1.94 bits per heavy atom. The van der Waals surface area contributed by atoms with Gasteiger partial charge in [0.05, 0.1) is 10.7 Å². The molecule has 1 amide bonds. The van der Waals surface area contributed by atoms with E-state index in [-0.39, 0.29) is 11.1 Å². The minimum Gasteiger partial charge on any atom is -0.357 e. The number of carbonyl (C=O) groups is 1. The topological polar surface area (TPSA) is 62.0 Å². The van der Waals surface area contributed by atoms with Crippen LogP contribution in [0, 0.1) is 0 Å². The van der Waals surface area contributed by atoms with Crippen molar-refractivity contribution >= 4 is 34.8 Å². The molecule has 18 heavy (non-hydrogen) atoms. The molecular formula is C12H8Cl2N2O2. The van der Waals surface area contributed by atoms with Gasteiger partial charge in [0.1, 0.15) is 5.69 Å². The number of benzene rings is 1. The van der Waals surface area contributed by atoms with Gasteiger partial charge in [-0.2, -0.15) is 0 Å². The van der Waals surface area contributed by atoms with E-state index in [0.29, 0.717) is 15.7 Å². The van der Waals surface area contributed by atoms with Crippen molar-refractivity contribution in [3.63, 3.8) is 0 Å². The number of hydrogen-bond acceptors (Lipinski definition) is 2. The van der Waals surface area contributed by atoms with Gasteiger partial charge in [-0.05, 0) is 18.2 Å². The first-order chi connectivity index (χ1) is 8.56. The van der Waals surface area contributed by atoms with Crippen LogP contribution in [0.1, 0.15) is 10.5 Å². The first-order valence-electron chi connectivity index (χ1n) is 5.01. The highest BCUT2D eigenvalue weighted by atomic mass is 35.5. The molecule has 0 aliphatic heterocycles. The number of hydrogen-bond donors (Lipinski definition) is 2. The molecule has 4 nitrogen and oxygen atoms in total. The number of aromatic nitrogens is 1. The summed E-state index contributed by atoms with van der Waals surface area (Å²) < 4.78 is 0. The van der Waals surface area contributed by atoms with Crippen LogP contribution in [0.2, 0.25) is 10.0 Å². The first-order valence-corrected chi connectivity index (χ1v) is 5.77. The number of carbonyl (C=O) groups excluding carboxylic acids is 1. The number of rotatable bonds is 2. The first kappa shape index (κ1) is 12.7. The van der Waals surface area contributed by atoms with Gasteiger partial charge in [0.15, 0.2) is 5.43 Å². The lowest BCUT2D eigenvalue weighted by Crippen LogP contribution is -2.16. The lowest BCUT2D eigenvalue weighted by Gasteiger charge is -2.07. The molecule has 0 aliphatic rings. The maximum atomic E-state index is 11.8. The van der Waals surface area contributed by atoms with Gasteiger partial charge in [-0.15, -0.1) is 0 Å². The van der Waals surface area contributed by atoms with E-state index in [1.165, 1.54) is 24.4 Å². The molecule has 0 saturated carbocycles. The largest absolute Gasteiger partial charge is 0.357 e. The van der Waals surface area contributed by atoms with Crippen molar-refractivity contribution in [2.24, 2.45) is 0 Å². The fourth-order valence-corrected chi connectivity index (χ4v) is 1.70. The molecule has 2 rings (SSSR count). The van der Waals surface area contributed by atoms with Crippen molar-refractivity contribution in [3.05, 3.63) is 62.5 Å². The number of anilines is 1. The van der Waals surface area contributed by atoms with Crippen LogP contribution < -0.4 is 10.7 Å².